The van der Waals surface area contributed by atoms with Crippen molar-refractivity contribution in [2.24, 2.45) is 5.41 Å². The summed E-state index contributed by atoms with van der Waals surface area (Å²) in [6.45, 7) is 10.1. The second kappa shape index (κ2) is 7.28. The molecule has 3 nitrogen and oxygen atoms in total. The second-order valence-corrected chi connectivity index (χ2v) is 7.15. The van der Waals surface area contributed by atoms with Gasteiger partial charge in [-0.15, -0.1) is 0 Å². The second-order valence-electron chi connectivity index (χ2n) is 4.85. The van der Waals surface area contributed by atoms with Crippen LogP contribution in [-0.4, -0.2) is 33.0 Å². The van der Waals surface area contributed by atoms with Gasteiger partial charge in [0.2, 0.25) is 0 Å². The third-order valence-corrected chi connectivity index (χ3v) is 5.04. The van der Waals surface area contributed by atoms with Gasteiger partial charge in [-0.05, 0) is 31.2 Å². The predicted molar refractivity (Wildman–Crippen MR) is 70.5 cm³/mol. The van der Waals surface area contributed by atoms with Gasteiger partial charge in [0.05, 0.1) is 5.75 Å². The SMILES string of the molecule is CCCS(=O)(=O)CCC(C)(CC)CNCC. The Labute approximate surface area is 101 Å². The van der Waals surface area contributed by atoms with Crippen LogP contribution in [0.1, 0.15) is 47.0 Å². The summed E-state index contributed by atoms with van der Waals surface area (Å²) < 4.78 is 23.3. The molecular formula is C12H27NO2S. The van der Waals surface area contributed by atoms with Gasteiger partial charge >= 0.3 is 0 Å². The molecule has 0 aromatic heterocycles. The van der Waals surface area contributed by atoms with E-state index in [9.17, 15) is 8.42 Å². The van der Waals surface area contributed by atoms with Crippen molar-refractivity contribution in [3.8, 4) is 0 Å². The highest BCUT2D eigenvalue weighted by Gasteiger charge is 2.24. The molecule has 0 fully saturated rings. The van der Waals surface area contributed by atoms with E-state index in [0.717, 1.165) is 32.4 Å². The highest BCUT2D eigenvalue weighted by Crippen LogP contribution is 2.25. The van der Waals surface area contributed by atoms with Crippen LogP contribution in [0, 0.1) is 5.41 Å². The average molecular weight is 249 g/mol. The van der Waals surface area contributed by atoms with Gasteiger partial charge in [0, 0.05) is 12.3 Å². The molecule has 0 radical (unpaired) electrons. The minimum atomic E-state index is -2.83. The summed E-state index contributed by atoms with van der Waals surface area (Å²) in [5.74, 6) is 0.657. The van der Waals surface area contributed by atoms with Gasteiger partial charge in [-0.25, -0.2) is 8.42 Å². The molecule has 0 aliphatic heterocycles. The highest BCUT2D eigenvalue weighted by atomic mass is 32.2. The van der Waals surface area contributed by atoms with Gasteiger partial charge in [0.25, 0.3) is 0 Å². The average Bonchev–Trinajstić information content (AvgIpc) is 2.24. The zero-order valence-corrected chi connectivity index (χ0v) is 12.0. The Kier molecular flexibility index (Phi) is 7.24. The van der Waals surface area contributed by atoms with E-state index >= 15 is 0 Å². The van der Waals surface area contributed by atoms with Crippen molar-refractivity contribution in [2.45, 2.75) is 47.0 Å². The first kappa shape index (κ1) is 15.9. The number of hydrogen-bond acceptors (Lipinski definition) is 3. The fraction of sp³-hybridized carbons (Fsp3) is 1.00. The fourth-order valence-electron chi connectivity index (χ4n) is 1.63. The molecule has 0 aromatic carbocycles. The van der Waals surface area contributed by atoms with E-state index in [1.54, 1.807) is 0 Å². The normalized spacial score (nSPS) is 16.0. The molecular weight excluding hydrogens is 222 g/mol. The van der Waals surface area contributed by atoms with E-state index in [1.807, 2.05) is 6.92 Å². The van der Waals surface area contributed by atoms with E-state index in [0.29, 0.717) is 11.5 Å². The molecule has 0 aliphatic carbocycles. The van der Waals surface area contributed by atoms with Gasteiger partial charge in [0.15, 0.2) is 0 Å². The van der Waals surface area contributed by atoms with Crippen LogP contribution in [0.15, 0.2) is 0 Å². The molecule has 0 bridgehead atoms. The summed E-state index contributed by atoms with van der Waals surface area (Å²) in [5.41, 5.74) is 0.108. The minimum Gasteiger partial charge on any atom is -0.316 e. The lowest BCUT2D eigenvalue weighted by molar-refractivity contribution is 0.285. The summed E-state index contributed by atoms with van der Waals surface area (Å²) in [6, 6.07) is 0. The first-order chi connectivity index (χ1) is 7.39. The summed E-state index contributed by atoms with van der Waals surface area (Å²) in [5, 5.41) is 3.31. The third-order valence-electron chi connectivity index (χ3n) is 3.19. The first-order valence-corrected chi connectivity index (χ1v) is 8.12. The van der Waals surface area contributed by atoms with Gasteiger partial charge in [-0.2, -0.15) is 0 Å². The Morgan fingerprint density at radius 3 is 2.19 bits per heavy atom. The number of nitrogens with one attached hydrogen (secondary N) is 1. The van der Waals surface area contributed by atoms with Gasteiger partial charge in [-0.1, -0.05) is 27.7 Å². The molecule has 98 valence electrons. The molecule has 16 heavy (non-hydrogen) atoms. The van der Waals surface area contributed by atoms with E-state index < -0.39 is 9.84 Å². The molecule has 4 heteroatoms. The molecule has 1 unspecified atom stereocenters. The third kappa shape index (κ3) is 6.48. The maximum Gasteiger partial charge on any atom is 0.150 e. The Morgan fingerprint density at radius 1 is 1.12 bits per heavy atom. The summed E-state index contributed by atoms with van der Waals surface area (Å²) in [4.78, 5) is 0. The number of sulfone groups is 1. The zero-order chi connectivity index (χ0) is 12.7. The van der Waals surface area contributed by atoms with E-state index in [1.165, 1.54) is 0 Å². The molecule has 1 N–H and O–H groups in total. The Hall–Kier alpha value is -0.0900. The highest BCUT2D eigenvalue weighted by molar-refractivity contribution is 7.91. The van der Waals surface area contributed by atoms with Crippen LogP contribution in [0.4, 0.5) is 0 Å². The van der Waals surface area contributed by atoms with E-state index in [2.05, 4.69) is 26.1 Å². The van der Waals surface area contributed by atoms with Crippen LogP contribution in [-0.2, 0) is 9.84 Å². The summed E-state index contributed by atoms with van der Waals surface area (Å²) in [6.07, 6.45) is 2.50. The molecule has 0 saturated heterocycles. The summed E-state index contributed by atoms with van der Waals surface area (Å²) in [7, 11) is -2.83. The molecule has 0 rings (SSSR count). The zero-order valence-electron chi connectivity index (χ0n) is 11.2. The lowest BCUT2D eigenvalue weighted by atomic mass is 9.85. The van der Waals surface area contributed by atoms with Crippen molar-refractivity contribution in [3.63, 3.8) is 0 Å². The molecule has 0 aromatic rings. The first-order valence-electron chi connectivity index (χ1n) is 6.30. The fourth-order valence-corrected chi connectivity index (χ4v) is 3.26. The lowest BCUT2D eigenvalue weighted by Gasteiger charge is -2.28. The van der Waals surface area contributed by atoms with Crippen molar-refractivity contribution >= 4 is 9.84 Å². The van der Waals surface area contributed by atoms with E-state index in [-0.39, 0.29) is 5.41 Å². The molecule has 1 atom stereocenters. The molecule has 0 heterocycles. The van der Waals surface area contributed by atoms with Gasteiger partial charge in [0.1, 0.15) is 9.84 Å². The Morgan fingerprint density at radius 2 is 1.75 bits per heavy atom. The van der Waals surface area contributed by atoms with Crippen molar-refractivity contribution in [3.05, 3.63) is 0 Å². The smallest absolute Gasteiger partial charge is 0.150 e. The minimum absolute atomic E-state index is 0.108. The van der Waals surface area contributed by atoms with Crippen molar-refractivity contribution in [1.82, 2.24) is 5.32 Å². The van der Waals surface area contributed by atoms with Gasteiger partial charge in [-0.3, -0.25) is 0 Å². The molecule has 0 amide bonds. The van der Waals surface area contributed by atoms with Crippen LogP contribution >= 0.6 is 0 Å². The van der Waals surface area contributed by atoms with Crippen LogP contribution < -0.4 is 5.32 Å². The lowest BCUT2D eigenvalue weighted by Crippen LogP contribution is -2.33. The van der Waals surface area contributed by atoms with E-state index in [4.69, 9.17) is 0 Å². The molecule has 0 saturated carbocycles. The Balaban J connectivity index is 4.22. The maximum atomic E-state index is 11.6. The van der Waals surface area contributed by atoms with Gasteiger partial charge < -0.3 is 5.32 Å². The topological polar surface area (TPSA) is 46.2 Å². The quantitative estimate of drug-likeness (QED) is 0.681. The Bertz CT molecular complexity index is 275. The molecule has 0 aliphatic rings. The van der Waals surface area contributed by atoms with Crippen LogP contribution in [0.2, 0.25) is 0 Å². The monoisotopic (exact) mass is 249 g/mol. The standard InChI is InChI=1S/C12H27NO2S/c1-5-9-16(14,15)10-8-12(4,6-2)11-13-7-3/h13H,5-11H2,1-4H3. The van der Waals surface area contributed by atoms with Crippen LogP contribution in [0.3, 0.4) is 0 Å². The largest absolute Gasteiger partial charge is 0.316 e. The van der Waals surface area contributed by atoms with Crippen molar-refractivity contribution in [1.29, 1.82) is 0 Å². The van der Waals surface area contributed by atoms with Crippen molar-refractivity contribution in [2.75, 3.05) is 24.6 Å². The summed E-state index contributed by atoms with van der Waals surface area (Å²) >= 11 is 0. The number of hydrogen-bond donors (Lipinski definition) is 1. The molecule has 0 spiro atoms. The number of rotatable bonds is 9. The predicted octanol–water partition coefficient (Wildman–Crippen LogP) is 2.23. The maximum absolute atomic E-state index is 11.6. The van der Waals surface area contributed by atoms with Crippen LogP contribution in [0.25, 0.3) is 0 Å². The van der Waals surface area contributed by atoms with Crippen LogP contribution in [0.5, 0.6) is 0 Å². The van der Waals surface area contributed by atoms with Crippen molar-refractivity contribution < 1.29 is 8.42 Å².